The average molecular weight is 804 g/mol. The van der Waals surface area contributed by atoms with E-state index in [-0.39, 0.29) is 16.2 Å². The standard InChI is InChI=1S/C28H23ClO.C28H21Cl/c1-27(2)23-11-5-7-13-25(23)28(30,26-14-8-6-12-24(26)27)22-10-4-3-9-21(22)19-15-17-20(29)18-16-19;1-27(2)22-11-5-7-13-24(22)28(25-14-8-6-12-23(25)27)21-10-4-3-9-19(21)20-16-15-18(29)17-26(20)28/h3-18,30H,1-2H3;3-17H,1-2H3. The first-order chi connectivity index (χ1) is 28.5. The molecule has 0 aliphatic heterocycles. The first-order valence-corrected chi connectivity index (χ1v) is 21.1. The third-order valence-electron chi connectivity index (χ3n) is 13.5. The molecule has 0 amide bonds. The van der Waals surface area contributed by atoms with Gasteiger partial charge in [0.05, 0.1) is 5.41 Å². The molecule has 3 heteroatoms. The number of rotatable bonds is 2. The van der Waals surface area contributed by atoms with Gasteiger partial charge in [-0.15, -0.1) is 0 Å². The molecule has 8 aromatic carbocycles. The van der Waals surface area contributed by atoms with Crippen LogP contribution in [0.1, 0.15) is 88.9 Å². The number of fused-ring (bicyclic) bond motifs is 11. The Balaban J connectivity index is 0.000000143. The quantitative estimate of drug-likeness (QED) is 0.185. The maximum absolute atomic E-state index is 12.5. The third-order valence-corrected chi connectivity index (χ3v) is 14.0. The van der Waals surface area contributed by atoms with Gasteiger partial charge in [0.25, 0.3) is 0 Å². The number of aliphatic hydroxyl groups is 1. The van der Waals surface area contributed by atoms with Crippen LogP contribution in [0, 0.1) is 0 Å². The second-order valence-electron chi connectivity index (χ2n) is 17.2. The van der Waals surface area contributed by atoms with Gasteiger partial charge in [-0.2, -0.15) is 0 Å². The Morgan fingerprint density at radius 1 is 0.322 bits per heavy atom. The van der Waals surface area contributed by atoms with Gasteiger partial charge in [-0.3, -0.25) is 0 Å². The monoisotopic (exact) mass is 802 g/mol. The molecule has 3 aliphatic rings. The lowest BCUT2D eigenvalue weighted by Gasteiger charge is -2.46. The Morgan fingerprint density at radius 2 is 0.678 bits per heavy atom. The predicted octanol–water partition coefficient (Wildman–Crippen LogP) is 14.3. The van der Waals surface area contributed by atoms with Gasteiger partial charge >= 0.3 is 0 Å². The van der Waals surface area contributed by atoms with Crippen molar-refractivity contribution in [2.24, 2.45) is 0 Å². The molecule has 1 nitrogen and oxygen atoms in total. The van der Waals surface area contributed by atoms with E-state index in [9.17, 15) is 5.11 Å². The summed E-state index contributed by atoms with van der Waals surface area (Å²) < 4.78 is 0. The minimum absolute atomic E-state index is 0.0608. The highest BCUT2D eigenvalue weighted by molar-refractivity contribution is 6.31. The van der Waals surface area contributed by atoms with Gasteiger partial charge in [-0.1, -0.05) is 215 Å². The predicted molar refractivity (Wildman–Crippen MR) is 245 cm³/mol. The van der Waals surface area contributed by atoms with Gasteiger partial charge in [-0.05, 0) is 102 Å². The average Bonchev–Trinajstić information content (AvgIpc) is 3.55. The minimum atomic E-state index is -1.25. The second-order valence-corrected chi connectivity index (χ2v) is 18.1. The maximum Gasteiger partial charge on any atom is 0.141 e. The Morgan fingerprint density at radius 3 is 1.19 bits per heavy atom. The summed E-state index contributed by atoms with van der Waals surface area (Å²) in [6, 6.07) is 65.6. The summed E-state index contributed by atoms with van der Waals surface area (Å²) in [4.78, 5) is 0. The molecule has 59 heavy (non-hydrogen) atoms. The van der Waals surface area contributed by atoms with Crippen LogP contribution in [0.15, 0.2) is 188 Å². The van der Waals surface area contributed by atoms with Crippen LogP contribution in [0.4, 0.5) is 0 Å². The molecule has 0 saturated carbocycles. The molecule has 0 saturated heterocycles. The molecule has 0 aromatic heterocycles. The maximum atomic E-state index is 12.5. The van der Waals surface area contributed by atoms with Gasteiger partial charge in [0.2, 0.25) is 0 Å². The number of benzene rings is 8. The van der Waals surface area contributed by atoms with Gasteiger partial charge < -0.3 is 5.11 Å². The Bertz CT molecular complexity index is 2840. The molecule has 0 fully saturated rings. The second kappa shape index (κ2) is 13.7. The van der Waals surface area contributed by atoms with Gasteiger partial charge in [0.1, 0.15) is 5.60 Å². The van der Waals surface area contributed by atoms with E-state index in [1.165, 1.54) is 44.5 Å². The van der Waals surface area contributed by atoms with E-state index < -0.39 is 5.60 Å². The van der Waals surface area contributed by atoms with Crippen LogP contribution in [0.25, 0.3) is 22.3 Å². The number of hydrogen-bond donors (Lipinski definition) is 1. The van der Waals surface area contributed by atoms with E-state index in [4.69, 9.17) is 23.2 Å². The lowest BCUT2D eigenvalue weighted by Crippen LogP contribution is -2.41. The number of hydrogen-bond acceptors (Lipinski definition) is 1. The van der Waals surface area contributed by atoms with Crippen molar-refractivity contribution in [3.63, 3.8) is 0 Å². The van der Waals surface area contributed by atoms with Crippen molar-refractivity contribution in [3.8, 4) is 22.3 Å². The molecular formula is C56H44Cl2O. The molecule has 0 atom stereocenters. The summed E-state index contributed by atoms with van der Waals surface area (Å²) in [5, 5.41) is 14.0. The summed E-state index contributed by atoms with van der Waals surface area (Å²) in [6.07, 6.45) is 0. The molecule has 3 aliphatic carbocycles. The molecule has 0 bridgehead atoms. The van der Waals surface area contributed by atoms with E-state index >= 15 is 0 Å². The van der Waals surface area contributed by atoms with Crippen LogP contribution in [-0.2, 0) is 21.8 Å². The first kappa shape index (κ1) is 37.6. The van der Waals surface area contributed by atoms with Crippen molar-refractivity contribution in [3.05, 3.63) is 259 Å². The van der Waals surface area contributed by atoms with Crippen molar-refractivity contribution in [1.29, 1.82) is 0 Å². The van der Waals surface area contributed by atoms with Gasteiger partial charge in [-0.25, -0.2) is 0 Å². The van der Waals surface area contributed by atoms with Gasteiger partial charge in [0.15, 0.2) is 0 Å². The fourth-order valence-electron chi connectivity index (χ4n) is 10.8. The Labute approximate surface area is 357 Å². The van der Waals surface area contributed by atoms with Crippen molar-refractivity contribution < 1.29 is 5.11 Å². The largest absolute Gasteiger partial charge is 0.376 e. The van der Waals surface area contributed by atoms with E-state index in [1.54, 1.807) is 0 Å². The van der Waals surface area contributed by atoms with E-state index in [2.05, 4.69) is 155 Å². The van der Waals surface area contributed by atoms with Crippen molar-refractivity contribution in [2.45, 2.75) is 49.5 Å². The zero-order valence-electron chi connectivity index (χ0n) is 33.6. The lowest BCUT2D eigenvalue weighted by molar-refractivity contribution is 0.117. The molecule has 0 heterocycles. The SMILES string of the molecule is CC1(C)c2ccccc2C(O)(c2ccccc2-c2ccc(Cl)cc2)c2ccccc21.CC1(C)c2ccccc2C2(c3ccccc3-c3ccc(Cl)cc32)c2ccccc21. The van der Waals surface area contributed by atoms with Crippen LogP contribution in [0.3, 0.4) is 0 Å². The number of halogens is 2. The molecule has 0 radical (unpaired) electrons. The molecule has 8 aromatic rings. The summed E-state index contributed by atoms with van der Waals surface area (Å²) in [5.41, 5.74) is 16.0. The Hall–Kier alpha value is -5.70. The highest BCUT2D eigenvalue weighted by atomic mass is 35.5. The lowest BCUT2D eigenvalue weighted by atomic mass is 9.55. The summed E-state index contributed by atoms with van der Waals surface area (Å²) in [7, 11) is 0. The third kappa shape index (κ3) is 5.35. The van der Waals surface area contributed by atoms with Crippen molar-refractivity contribution >= 4 is 23.2 Å². The van der Waals surface area contributed by atoms with Crippen molar-refractivity contribution in [2.75, 3.05) is 0 Å². The summed E-state index contributed by atoms with van der Waals surface area (Å²) in [6.45, 7) is 9.15. The van der Waals surface area contributed by atoms with Gasteiger partial charge in [0, 0.05) is 26.4 Å². The Kier molecular flexibility index (Phi) is 8.71. The summed E-state index contributed by atoms with van der Waals surface area (Å²) in [5.74, 6) is 0. The highest BCUT2D eigenvalue weighted by Gasteiger charge is 2.53. The smallest absolute Gasteiger partial charge is 0.141 e. The van der Waals surface area contributed by atoms with E-state index in [0.29, 0.717) is 5.02 Å². The highest BCUT2D eigenvalue weighted by Crippen LogP contribution is 2.62. The molecule has 0 unspecified atom stereocenters. The van der Waals surface area contributed by atoms with Crippen LogP contribution < -0.4 is 0 Å². The molecule has 11 rings (SSSR count). The van der Waals surface area contributed by atoms with E-state index in [1.807, 2.05) is 60.7 Å². The zero-order chi connectivity index (χ0) is 40.7. The fraction of sp³-hybridized carbons (Fsp3) is 0.143. The minimum Gasteiger partial charge on any atom is -0.376 e. The fourth-order valence-corrected chi connectivity index (χ4v) is 11.1. The molecule has 1 spiro atoms. The normalized spacial score (nSPS) is 16.3. The van der Waals surface area contributed by atoms with Crippen LogP contribution in [-0.4, -0.2) is 5.11 Å². The van der Waals surface area contributed by atoms with Crippen LogP contribution in [0.5, 0.6) is 0 Å². The molecular weight excluding hydrogens is 760 g/mol. The topological polar surface area (TPSA) is 20.2 Å². The summed E-state index contributed by atoms with van der Waals surface area (Å²) >= 11 is 12.7. The zero-order valence-corrected chi connectivity index (χ0v) is 35.1. The van der Waals surface area contributed by atoms with Crippen LogP contribution in [0.2, 0.25) is 10.0 Å². The molecule has 1 N–H and O–H groups in total. The first-order valence-electron chi connectivity index (χ1n) is 20.4. The van der Waals surface area contributed by atoms with Crippen molar-refractivity contribution in [1.82, 2.24) is 0 Å². The molecule has 288 valence electrons. The van der Waals surface area contributed by atoms with E-state index in [0.717, 1.165) is 44.0 Å². The van der Waals surface area contributed by atoms with Crippen LogP contribution >= 0.6 is 23.2 Å².